The molecule has 0 fully saturated rings. The second-order valence-electron chi connectivity index (χ2n) is 4.41. The Hall–Kier alpha value is -1.51. The van der Waals surface area contributed by atoms with Crippen molar-refractivity contribution >= 4 is 11.7 Å². The van der Waals surface area contributed by atoms with Crippen molar-refractivity contribution in [3.8, 4) is 0 Å². The zero-order chi connectivity index (χ0) is 13.2. The third-order valence-corrected chi connectivity index (χ3v) is 2.89. The lowest BCUT2D eigenvalue weighted by Crippen LogP contribution is -2.04. The molecule has 0 aliphatic rings. The molecule has 1 aromatic carbocycles. The molecule has 0 saturated heterocycles. The summed E-state index contributed by atoms with van der Waals surface area (Å²) in [7, 11) is 1.40. The highest BCUT2D eigenvalue weighted by atomic mass is 16.5. The number of anilines is 1. The molecule has 0 spiro atoms. The Bertz CT molecular complexity index is 363. The van der Waals surface area contributed by atoms with Gasteiger partial charge in [0.25, 0.3) is 0 Å². The van der Waals surface area contributed by atoms with Gasteiger partial charge in [-0.05, 0) is 24.6 Å². The Labute approximate surface area is 110 Å². The van der Waals surface area contributed by atoms with Crippen molar-refractivity contribution in [1.29, 1.82) is 0 Å². The van der Waals surface area contributed by atoms with E-state index in [1.54, 1.807) is 6.07 Å². The molecule has 18 heavy (non-hydrogen) atoms. The number of carbonyl (C=O) groups is 1. The molecule has 0 atom stereocenters. The van der Waals surface area contributed by atoms with E-state index < -0.39 is 0 Å². The van der Waals surface area contributed by atoms with Crippen molar-refractivity contribution in [1.82, 2.24) is 0 Å². The first-order valence-electron chi connectivity index (χ1n) is 6.70. The molecule has 100 valence electrons. The summed E-state index contributed by atoms with van der Waals surface area (Å²) in [5.41, 5.74) is 1.57. The molecule has 0 unspecified atom stereocenters. The van der Waals surface area contributed by atoms with Crippen molar-refractivity contribution in [3.63, 3.8) is 0 Å². The fraction of sp³-hybridized carbons (Fsp3) is 0.533. The van der Waals surface area contributed by atoms with Crippen LogP contribution in [-0.2, 0) is 4.74 Å². The molecule has 0 aromatic heterocycles. The normalized spacial score (nSPS) is 10.1. The molecule has 3 nitrogen and oxygen atoms in total. The van der Waals surface area contributed by atoms with Gasteiger partial charge in [-0.15, -0.1) is 0 Å². The van der Waals surface area contributed by atoms with Gasteiger partial charge in [0.05, 0.1) is 12.7 Å². The van der Waals surface area contributed by atoms with E-state index >= 15 is 0 Å². The molecule has 0 heterocycles. The zero-order valence-corrected chi connectivity index (χ0v) is 11.4. The first kappa shape index (κ1) is 14.6. The zero-order valence-electron chi connectivity index (χ0n) is 11.4. The van der Waals surface area contributed by atoms with Crippen LogP contribution in [0.25, 0.3) is 0 Å². The van der Waals surface area contributed by atoms with Crippen molar-refractivity contribution in [2.75, 3.05) is 19.0 Å². The highest BCUT2D eigenvalue weighted by molar-refractivity contribution is 5.90. The number of esters is 1. The fourth-order valence-electron chi connectivity index (χ4n) is 1.84. The topological polar surface area (TPSA) is 38.3 Å². The minimum Gasteiger partial charge on any atom is -0.465 e. The molecule has 0 radical (unpaired) electrons. The summed E-state index contributed by atoms with van der Waals surface area (Å²) >= 11 is 0. The van der Waals surface area contributed by atoms with E-state index in [-0.39, 0.29) is 5.97 Å². The average molecular weight is 249 g/mol. The maximum atomic E-state index is 11.4. The Morgan fingerprint density at radius 1 is 1.22 bits per heavy atom. The number of ether oxygens (including phenoxy) is 1. The van der Waals surface area contributed by atoms with Crippen LogP contribution in [0.2, 0.25) is 0 Å². The highest BCUT2D eigenvalue weighted by Gasteiger charge is 2.04. The summed E-state index contributed by atoms with van der Waals surface area (Å²) in [5.74, 6) is -0.290. The van der Waals surface area contributed by atoms with Gasteiger partial charge in [0.15, 0.2) is 0 Å². The molecule has 0 aliphatic heterocycles. The van der Waals surface area contributed by atoms with E-state index in [9.17, 15) is 4.79 Å². The highest BCUT2D eigenvalue weighted by Crippen LogP contribution is 2.12. The fourth-order valence-corrected chi connectivity index (χ4v) is 1.84. The van der Waals surface area contributed by atoms with Gasteiger partial charge in [0.1, 0.15) is 0 Å². The van der Waals surface area contributed by atoms with Crippen molar-refractivity contribution in [3.05, 3.63) is 29.8 Å². The summed E-state index contributed by atoms with van der Waals surface area (Å²) < 4.78 is 4.69. The number of hydrogen-bond acceptors (Lipinski definition) is 3. The average Bonchev–Trinajstić information content (AvgIpc) is 2.42. The smallest absolute Gasteiger partial charge is 0.337 e. The predicted molar refractivity (Wildman–Crippen MR) is 75.0 cm³/mol. The lowest BCUT2D eigenvalue weighted by molar-refractivity contribution is 0.0601. The third kappa shape index (κ3) is 5.21. The minimum absolute atomic E-state index is 0.290. The van der Waals surface area contributed by atoms with E-state index in [0.717, 1.165) is 12.2 Å². The number of nitrogens with one attached hydrogen (secondary N) is 1. The SMILES string of the molecule is CCCCCCCNc1cccc(C(=O)OC)c1. The van der Waals surface area contributed by atoms with Gasteiger partial charge in [0.2, 0.25) is 0 Å². The van der Waals surface area contributed by atoms with Gasteiger partial charge < -0.3 is 10.1 Å². The van der Waals surface area contributed by atoms with Crippen LogP contribution in [-0.4, -0.2) is 19.6 Å². The second kappa shape index (κ2) is 8.56. The van der Waals surface area contributed by atoms with Gasteiger partial charge in [-0.25, -0.2) is 4.79 Å². The Morgan fingerprint density at radius 2 is 2.00 bits per heavy atom. The van der Waals surface area contributed by atoms with E-state index in [4.69, 9.17) is 4.74 Å². The van der Waals surface area contributed by atoms with Crippen LogP contribution in [0.4, 0.5) is 5.69 Å². The molecule has 0 bridgehead atoms. The molecular weight excluding hydrogens is 226 g/mol. The summed E-state index contributed by atoms with van der Waals surface area (Å²) in [4.78, 5) is 11.4. The largest absolute Gasteiger partial charge is 0.465 e. The van der Waals surface area contributed by atoms with Crippen LogP contribution in [0.1, 0.15) is 49.4 Å². The second-order valence-corrected chi connectivity index (χ2v) is 4.41. The summed E-state index contributed by atoms with van der Waals surface area (Å²) in [6, 6.07) is 7.43. The van der Waals surface area contributed by atoms with Gasteiger partial charge >= 0.3 is 5.97 Å². The molecule has 0 saturated carbocycles. The van der Waals surface area contributed by atoms with Gasteiger partial charge in [-0.2, -0.15) is 0 Å². The van der Waals surface area contributed by atoms with Crippen LogP contribution in [0, 0.1) is 0 Å². The molecule has 1 rings (SSSR count). The van der Waals surface area contributed by atoms with Crippen molar-refractivity contribution < 1.29 is 9.53 Å². The molecular formula is C15H23NO2. The number of rotatable bonds is 8. The van der Waals surface area contributed by atoms with Crippen LogP contribution in [0.3, 0.4) is 0 Å². The van der Waals surface area contributed by atoms with Crippen molar-refractivity contribution in [2.24, 2.45) is 0 Å². The van der Waals surface area contributed by atoms with Crippen LogP contribution < -0.4 is 5.32 Å². The van der Waals surface area contributed by atoms with Gasteiger partial charge in [0, 0.05) is 12.2 Å². The lowest BCUT2D eigenvalue weighted by atomic mass is 10.1. The summed E-state index contributed by atoms with van der Waals surface area (Å²) in [6.07, 6.45) is 6.33. The van der Waals surface area contributed by atoms with Crippen LogP contribution >= 0.6 is 0 Å². The molecule has 1 N–H and O–H groups in total. The lowest BCUT2D eigenvalue weighted by Gasteiger charge is -2.07. The number of hydrogen-bond donors (Lipinski definition) is 1. The maximum Gasteiger partial charge on any atom is 0.337 e. The van der Waals surface area contributed by atoms with E-state index in [1.807, 2.05) is 18.2 Å². The third-order valence-electron chi connectivity index (χ3n) is 2.89. The van der Waals surface area contributed by atoms with Gasteiger partial charge in [-0.1, -0.05) is 38.7 Å². The van der Waals surface area contributed by atoms with Crippen LogP contribution in [0.5, 0.6) is 0 Å². The van der Waals surface area contributed by atoms with Crippen LogP contribution in [0.15, 0.2) is 24.3 Å². The van der Waals surface area contributed by atoms with Gasteiger partial charge in [-0.3, -0.25) is 0 Å². The number of benzene rings is 1. The quantitative estimate of drug-likeness (QED) is 0.561. The predicted octanol–water partition coefficient (Wildman–Crippen LogP) is 3.86. The molecule has 0 aliphatic carbocycles. The van der Waals surface area contributed by atoms with E-state index in [0.29, 0.717) is 5.56 Å². The Balaban J connectivity index is 2.32. The summed E-state index contributed by atoms with van der Waals surface area (Å²) in [6.45, 7) is 3.17. The molecule has 1 aromatic rings. The summed E-state index contributed by atoms with van der Waals surface area (Å²) in [5, 5.41) is 3.33. The monoisotopic (exact) mass is 249 g/mol. The van der Waals surface area contributed by atoms with Crippen molar-refractivity contribution in [2.45, 2.75) is 39.0 Å². The molecule has 3 heteroatoms. The standard InChI is InChI=1S/C15H23NO2/c1-3-4-5-6-7-11-16-14-10-8-9-13(12-14)15(17)18-2/h8-10,12,16H,3-7,11H2,1-2H3. The number of carbonyl (C=O) groups excluding carboxylic acids is 1. The minimum atomic E-state index is -0.290. The Kier molecular flexibility index (Phi) is 6.92. The number of methoxy groups -OCH3 is 1. The van der Waals surface area contributed by atoms with E-state index in [2.05, 4.69) is 12.2 Å². The molecule has 0 amide bonds. The van der Waals surface area contributed by atoms with E-state index in [1.165, 1.54) is 39.2 Å². The first-order chi connectivity index (χ1) is 8.77. The number of unbranched alkanes of at least 4 members (excludes halogenated alkanes) is 4. The Morgan fingerprint density at radius 3 is 2.72 bits per heavy atom. The first-order valence-corrected chi connectivity index (χ1v) is 6.70. The maximum absolute atomic E-state index is 11.4.